The van der Waals surface area contributed by atoms with Crippen molar-refractivity contribution < 1.29 is 0 Å². The molecule has 1 heterocycles. The summed E-state index contributed by atoms with van der Waals surface area (Å²) in [6.07, 6.45) is 0. The van der Waals surface area contributed by atoms with Gasteiger partial charge in [0.15, 0.2) is 0 Å². The minimum absolute atomic E-state index is 0.981. The molecule has 58 valence electrons. The molecule has 0 saturated heterocycles. The highest BCUT2D eigenvalue weighted by molar-refractivity contribution is 7.16. The van der Waals surface area contributed by atoms with Gasteiger partial charge in [-0.3, -0.25) is 4.99 Å². The van der Waals surface area contributed by atoms with Crippen molar-refractivity contribution in [1.29, 1.82) is 0 Å². The Morgan fingerprint density at radius 1 is 1.64 bits per heavy atom. The summed E-state index contributed by atoms with van der Waals surface area (Å²) in [7, 11) is 0. The summed E-state index contributed by atoms with van der Waals surface area (Å²) in [5, 5.41) is 0.981. The average Bonchev–Trinajstić information content (AvgIpc) is 2.30. The number of hydrogen-bond donors (Lipinski definition) is 0. The highest BCUT2D eigenvalue weighted by Crippen LogP contribution is 2.33. The van der Waals surface area contributed by atoms with Gasteiger partial charge >= 0.3 is 0 Å². The number of nitrogens with zero attached hydrogens (tertiary/aromatic N) is 1. The predicted octanol–water partition coefficient (Wildman–Crippen LogP) is 3.42. The highest BCUT2D eigenvalue weighted by Gasteiger charge is 2.04. The molecule has 0 unspecified atom stereocenters. The fraction of sp³-hybridized carbons (Fsp3) is 0.222. The van der Waals surface area contributed by atoms with Gasteiger partial charge in [-0.15, -0.1) is 11.3 Å². The topological polar surface area (TPSA) is 12.4 Å². The first-order chi connectivity index (χ1) is 5.15. The van der Waals surface area contributed by atoms with Crippen molar-refractivity contribution in [1.82, 2.24) is 0 Å². The van der Waals surface area contributed by atoms with Crippen LogP contribution in [-0.2, 0) is 0 Å². The van der Waals surface area contributed by atoms with Crippen LogP contribution >= 0.6 is 11.3 Å². The maximum atomic E-state index is 3.92. The van der Waals surface area contributed by atoms with Gasteiger partial charge in [-0.1, -0.05) is 6.58 Å². The van der Waals surface area contributed by atoms with Crippen LogP contribution in [0, 0.1) is 6.92 Å². The lowest BCUT2D eigenvalue weighted by molar-refractivity contribution is 1.56. The summed E-state index contributed by atoms with van der Waals surface area (Å²) in [5.41, 5.74) is 2.18. The molecule has 0 radical (unpaired) electrons. The molecule has 0 amide bonds. The van der Waals surface area contributed by atoms with Gasteiger partial charge in [-0.25, -0.2) is 0 Å². The molecule has 11 heavy (non-hydrogen) atoms. The molecule has 0 aromatic carbocycles. The second-order valence-electron chi connectivity index (χ2n) is 2.51. The van der Waals surface area contributed by atoms with E-state index in [9.17, 15) is 0 Å². The van der Waals surface area contributed by atoms with Gasteiger partial charge in [0.25, 0.3) is 0 Å². The van der Waals surface area contributed by atoms with Gasteiger partial charge in [0.05, 0.1) is 0 Å². The van der Waals surface area contributed by atoms with E-state index in [1.807, 2.05) is 6.92 Å². The number of aliphatic imine (C=N–C) groups is 1. The first kappa shape index (κ1) is 8.21. The molecular formula is C9H11NS. The molecule has 1 aromatic rings. The zero-order valence-corrected chi connectivity index (χ0v) is 7.66. The molecule has 2 heteroatoms. The van der Waals surface area contributed by atoms with Crippen LogP contribution in [0.4, 0.5) is 5.00 Å². The van der Waals surface area contributed by atoms with Crippen molar-refractivity contribution in [2.45, 2.75) is 13.8 Å². The van der Waals surface area contributed by atoms with E-state index in [0.717, 1.165) is 16.1 Å². The van der Waals surface area contributed by atoms with Crippen molar-refractivity contribution in [3.05, 3.63) is 23.1 Å². The van der Waals surface area contributed by atoms with Crippen molar-refractivity contribution in [3.8, 4) is 0 Å². The molecule has 1 aromatic heterocycles. The molecule has 1 nitrogen and oxygen atoms in total. The molecule has 1 rings (SSSR count). The summed E-state index contributed by atoms with van der Waals surface area (Å²) >= 11 is 1.65. The summed E-state index contributed by atoms with van der Waals surface area (Å²) < 4.78 is 0. The van der Waals surface area contributed by atoms with Crippen molar-refractivity contribution in [3.63, 3.8) is 0 Å². The fourth-order valence-corrected chi connectivity index (χ4v) is 1.81. The first-order valence-electron chi connectivity index (χ1n) is 3.38. The zero-order chi connectivity index (χ0) is 8.43. The molecule has 0 aliphatic rings. The van der Waals surface area contributed by atoms with Crippen LogP contribution in [0.1, 0.15) is 17.4 Å². The zero-order valence-electron chi connectivity index (χ0n) is 6.85. The van der Waals surface area contributed by atoms with Crippen molar-refractivity contribution in [2.75, 3.05) is 0 Å². The maximum absolute atomic E-state index is 3.92. The van der Waals surface area contributed by atoms with Crippen LogP contribution in [0.15, 0.2) is 17.6 Å². The summed E-state index contributed by atoms with van der Waals surface area (Å²) in [5.74, 6) is 0. The van der Waals surface area contributed by atoms with E-state index in [0.29, 0.717) is 0 Å². The van der Waals surface area contributed by atoms with E-state index >= 15 is 0 Å². The third-order valence-electron chi connectivity index (χ3n) is 1.44. The Hall–Kier alpha value is -0.890. The smallest absolute Gasteiger partial charge is 0.122 e. The summed E-state index contributed by atoms with van der Waals surface area (Å²) in [6.45, 7) is 11.4. The molecule has 0 N–H and O–H groups in total. The number of hydrogen-bond acceptors (Lipinski definition) is 2. The Balaban J connectivity index is 3.22. The second-order valence-corrected chi connectivity index (χ2v) is 3.75. The molecule has 0 aliphatic carbocycles. The highest BCUT2D eigenvalue weighted by atomic mass is 32.1. The molecular weight excluding hydrogens is 154 g/mol. The number of thiophene rings is 1. The predicted molar refractivity (Wildman–Crippen MR) is 53.0 cm³/mol. The van der Waals surface area contributed by atoms with E-state index in [2.05, 4.69) is 31.3 Å². The van der Waals surface area contributed by atoms with Crippen LogP contribution in [0.5, 0.6) is 0 Å². The van der Waals surface area contributed by atoms with E-state index < -0.39 is 0 Å². The third kappa shape index (κ3) is 1.57. The fourth-order valence-electron chi connectivity index (χ4n) is 0.925. The Morgan fingerprint density at radius 3 is 2.64 bits per heavy atom. The molecule has 0 atom stereocenters. The summed E-state index contributed by atoms with van der Waals surface area (Å²) in [6, 6.07) is 2.09. The normalized spacial score (nSPS) is 9.64. The van der Waals surface area contributed by atoms with E-state index in [1.54, 1.807) is 11.3 Å². The van der Waals surface area contributed by atoms with Crippen LogP contribution in [0.3, 0.4) is 0 Å². The largest absolute Gasteiger partial charge is 0.253 e. The van der Waals surface area contributed by atoms with Crippen molar-refractivity contribution in [2.24, 2.45) is 4.99 Å². The minimum Gasteiger partial charge on any atom is -0.253 e. The van der Waals surface area contributed by atoms with Gasteiger partial charge in [0.2, 0.25) is 0 Å². The molecule has 0 saturated carbocycles. The van der Waals surface area contributed by atoms with E-state index in [4.69, 9.17) is 0 Å². The third-order valence-corrected chi connectivity index (χ3v) is 2.42. The first-order valence-corrected chi connectivity index (χ1v) is 4.20. The quantitative estimate of drug-likeness (QED) is 0.595. The Morgan fingerprint density at radius 2 is 2.27 bits per heavy atom. The van der Waals surface area contributed by atoms with Crippen LogP contribution in [0.2, 0.25) is 0 Å². The lowest BCUT2D eigenvalue weighted by Crippen LogP contribution is -1.69. The molecule has 0 bridgehead atoms. The number of rotatable bonds is 2. The Bertz CT molecular complexity index is 297. The minimum atomic E-state index is 0.981. The Kier molecular flexibility index (Phi) is 2.25. The van der Waals surface area contributed by atoms with E-state index in [1.165, 1.54) is 4.88 Å². The lowest BCUT2D eigenvalue weighted by Gasteiger charge is -1.93. The van der Waals surface area contributed by atoms with E-state index in [-0.39, 0.29) is 0 Å². The van der Waals surface area contributed by atoms with Gasteiger partial charge in [0.1, 0.15) is 5.00 Å². The van der Waals surface area contributed by atoms with Gasteiger partial charge in [-0.2, -0.15) is 0 Å². The van der Waals surface area contributed by atoms with Gasteiger partial charge in [0, 0.05) is 10.4 Å². The number of aryl methyl sites for hydroxylation is 1. The maximum Gasteiger partial charge on any atom is 0.122 e. The standard InChI is InChI=1S/C9H11NS/c1-6(2)8-5-7(3)11-9(8)10-4/h5H,1,4H2,2-3H3. The van der Waals surface area contributed by atoms with Crippen LogP contribution < -0.4 is 0 Å². The van der Waals surface area contributed by atoms with Gasteiger partial charge < -0.3 is 0 Å². The van der Waals surface area contributed by atoms with Crippen molar-refractivity contribution >= 4 is 28.6 Å². The molecule has 0 fully saturated rings. The number of allylic oxidation sites excluding steroid dienone is 1. The van der Waals surface area contributed by atoms with Gasteiger partial charge in [-0.05, 0) is 32.2 Å². The molecule has 0 spiro atoms. The monoisotopic (exact) mass is 165 g/mol. The average molecular weight is 165 g/mol. The SMILES string of the molecule is C=Nc1sc(C)cc1C(=C)C. The summed E-state index contributed by atoms with van der Waals surface area (Å²) in [4.78, 5) is 5.18. The van der Waals surface area contributed by atoms with Crippen LogP contribution in [0.25, 0.3) is 5.57 Å². The Labute approximate surface area is 71.1 Å². The lowest BCUT2D eigenvalue weighted by atomic mass is 10.2. The van der Waals surface area contributed by atoms with Crippen LogP contribution in [-0.4, -0.2) is 6.72 Å². The molecule has 0 aliphatic heterocycles. The second kappa shape index (κ2) is 3.01.